The van der Waals surface area contributed by atoms with Crippen LogP contribution in [0.25, 0.3) is 11.1 Å². The normalized spacial score (nSPS) is 13.8. The summed E-state index contributed by atoms with van der Waals surface area (Å²) in [5.41, 5.74) is 0.730. The molecule has 0 saturated heterocycles. The van der Waals surface area contributed by atoms with E-state index in [0.29, 0.717) is 22.6 Å². The molecular weight excluding hydrogens is 451 g/mol. The molecule has 8 nitrogen and oxygen atoms in total. The van der Waals surface area contributed by atoms with Gasteiger partial charge in [0.15, 0.2) is 5.69 Å². The summed E-state index contributed by atoms with van der Waals surface area (Å²) in [5, 5.41) is 22.7. The summed E-state index contributed by atoms with van der Waals surface area (Å²) in [5.74, 6) is -1.89. The molecule has 1 unspecified atom stereocenters. The van der Waals surface area contributed by atoms with E-state index in [0.717, 1.165) is 5.56 Å². The van der Waals surface area contributed by atoms with Gasteiger partial charge in [0.2, 0.25) is 0 Å². The highest BCUT2D eigenvalue weighted by Gasteiger charge is 2.36. The maximum Gasteiger partial charge on any atom is 0.311 e. The Morgan fingerprint density at radius 2 is 2.00 bits per heavy atom. The number of halogens is 2. The zero-order valence-electron chi connectivity index (χ0n) is 18.1. The fourth-order valence-corrected chi connectivity index (χ4v) is 3.81. The van der Waals surface area contributed by atoms with Crippen LogP contribution in [0.3, 0.4) is 0 Å². The van der Waals surface area contributed by atoms with Crippen molar-refractivity contribution in [2.75, 3.05) is 13.7 Å². The van der Waals surface area contributed by atoms with Crippen LogP contribution in [0, 0.1) is 11.2 Å². The van der Waals surface area contributed by atoms with Crippen molar-refractivity contribution >= 4 is 23.5 Å². The highest BCUT2D eigenvalue weighted by Crippen LogP contribution is 2.28. The number of rotatable bonds is 10. The van der Waals surface area contributed by atoms with Crippen LogP contribution in [0.1, 0.15) is 29.4 Å². The van der Waals surface area contributed by atoms with Gasteiger partial charge in [-0.2, -0.15) is 0 Å². The van der Waals surface area contributed by atoms with E-state index in [1.807, 2.05) is 0 Å². The summed E-state index contributed by atoms with van der Waals surface area (Å²) < 4.78 is 19.3. The third kappa shape index (κ3) is 6.15. The molecule has 0 aliphatic carbocycles. The van der Waals surface area contributed by atoms with Crippen molar-refractivity contribution in [3.05, 3.63) is 70.8 Å². The number of hydrogen-bond donors (Lipinski definition) is 3. The average Bonchev–Trinajstić information content (AvgIpc) is 3.31. The van der Waals surface area contributed by atoms with Crippen molar-refractivity contribution in [3.63, 3.8) is 0 Å². The number of nitrogens with one attached hydrogen (secondary N) is 2. The van der Waals surface area contributed by atoms with E-state index in [1.54, 1.807) is 37.3 Å². The summed E-state index contributed by atoms with van der Waals surface area (Å²) in [6.07, 6.45) is 1.81. The highest BCUT2D eigenvalue weighted by atomic mass is 35.5. The number of ether oxygens (including phenoxy) is 1. The first-order valence-corrected chi connectivity index (χ1v) is 10.5. The van der Waals surface area contributed by atoms with Gasteiger partial charge in [-0.15, -0.1) is 5.10 Å². The molecule has 10 heteroatoms. The van der Waals surface area contributed by atoms with Gasteiger partial charge in [0.1, 0.15) is 5.82 Å². The number of hydrogen-bond acceptors (Lipinski definition) is 5. The summed E-state index contributed by atoms with van der Waals surface area (Å²) in [6, 6.07) is 10.9. The smallest absolute Gasteiger partial charge is 0.311 e. The maximum absolute atomic E-state index is 14.2. The zero-order valence-corrected chi connectivity index (χ0v) is 18.9. The van der Waals surface area contributed by atoms with E-state index < -0.39 is 23.3 Å². The topological polar surface area (TPSA) is 117 Å². The number of aliphatic carboxylic acids is 1. The number of methoxy groups -OCH3 is 1. The number of aromatic nitrogens is 3. The molecule has 2 atom stereocenters. The zero-order chi connectivity index (χ0) is 24.0. The van der Waals surface area contributed by atoms with Gasteiger partial charge in [0.25, 0.3) is 5.91 Å². The van der Waals surface area contributed by atoms with E-state index >= 15 is 0 Å². The summed E-state index contributed by atoms with van der Waals surface area (Å²) >= 11 is 5.99. The Morgan fingerprint density at radius 3 is 2.61 bits per heavy atom. The molecule has 0 fully saturated rings. The molecule has 2 aromatic carbocycles. The number of carbonyl (C=O) groups is 2. The van der Waals surface area contributed by atoms with Gasteiger partial charge in [0, 0.05) is 23.7 Å². The van der Waals surface area contributed by atoms with Crippen LogP contribution in [-0.2, 0) is 16.0 Å². The number of carbonyl (C=O) groups excluding carboxylic acids is 1. The van der Waals surface area contributed by atoms with Gasteiger partial charge < -0.3 is 15.2 Å². The third-order valence-electron chi connectivity index (χ3n) is 5.34. The van der Waals surface area contributed by atoms with Crippen LogP contribution < -0.4 is 5.32 Å². The third-order valence-corrected chi connectivity index (χ3v) is 5.57. The van der Waals surface area contributed by atoms with Crippen molar-refractivity contribution in [1.82, 2.24) is 20.7 Å². The number of aromatic amines is 1. The van der Waals surface area contributed by atoms with Crippen molar-refractivity contribution in [2.45, 2.75) is 25.8 Å². The second-order valence-corrected chi connectivity index (χ2v) is 8.49. The van der Waals surface area contributed by atoms with E-state index in [-0.39, 0.29) is 24.5 Å². The Morgan fingerprint density at radius 1 is 1.27 bits per heavy atom. The van der Waals surface area contributed by atoms with E-state index in [2.05, 4.69) is 20.7 Å². The predicted molar refractivity (Wildman–Crippen MR) is 120 cm³/mol. The number of amides is 1. The molecule has 0 spiro atoms. The van der Waals surface area contributed by atoms with Crippen LogP contribution in [-0.4, -0.2) is 52.2 Å². The number of carboxylic acids is 1. The maximum atomic E-state index is 14.2. The fourth-order valence-electron chi connectivity index (χ4n) is 3.64. The lowest BCUT2D eigenvalue weighted by molar-refractivity contribution is -0.152. The molecule has 0 radical (unpaired) electrons. The van der Waals surface area contributed by atoms with Crippen LogP contribution >= 0.6 is 11.6 Å². The first kappa shape index (κ1) is 24.3. The number of carboxylic acid groups (broad SMARTS) is 1. The first-order chi connectivity index (χ1) is 15.7. The van der Waals surface area contributed by atoms with Crippen molar-refractivity contribution in [2.24, 2.45) is 5.41 Å². The van der Waals surface area contributed by atoms with Crippen LogP contribution in [0.5, 0.6) is 0 Å². The van der Waals surface area contributed by atoms with E-state index in [4.69, 9.17) is 16.3 Å². The predicted octanol–water partition coefficient (Wildman–Crippen LogP) is 3.73. The van der Waals surface area contributed by atoms with Gasteiger partial charge in [-0.1, -0.05) is 41.1 Å². The number of benzene rings is 2. The van der Waals surface area contributed by atoms with Crippen LogP contribution in [0.15, 0.2) is 48.7 Å². The second-order valence-electron chi connectivity index (χ2n) is 8.06. The number of H-pyrrole nitrogens is 1. The summed E-state index contributed by atoms with van der Waals surface area (Å²) in [6.45, 7) is 1.55. The minimum atomic E-state index is -1.22. The molecule has 3 aromatic rings. The first-order valence-electron chi connectivity index (χ1n) is 10.2. The second kappa shape index (κ2) is 10.5. The van der Waals surface area contributed by atoms with Gasteiger partial charge in [-0.25, -0.2) is 4.39 Å². The van der Waals surface area contributed by atoms with Gasteiger partial charge in [-0.3, -0.25) is 14.7 Å². The highest BCUT2D eigenvalue weighted by molar-refractivity contribution is 6.30. The van der Waals surface area contributed by atoms with Crippen molar-refractivity contribution in [3.8, 4) is 11.1 Å². The van der Waals surface area contributed by atoms with Crippen LogP contribution in [0.4, 0.5) is 4.39 Å². The lowest BCUT2D eigenvalue weighted by Gasteiger charge is -2.29. The average molecular weight is 475 g/mol. The van der Waals surface area contributed by atoms with Crippen LogP contribution in [0.2, 0.25) is 5.02 Å². The Labute approximate surface area is 195 Å². The molecule has 1 amide bonds. The molecule has 3 rings (SSSR count). The Bertz CT molecular complexity index is 1110. The Hall–Kier alpha value is -3.30. The van der Waals surface area contributed by atoms with E-state index in [1.165, 1.54) is 25.4 Å². The molecular formula is C23H24ClFN4O4. The Kier molecular flexibility index (Phi) is 7.78. The summed E-state index contributed by atoms with van der Waals surface area (Å²) in [4.78, 5) is 24.5. The standard InChI is InChI=1S/C23H24ClFN4O4/c1-23(13-33-2,22(31)32)11-17(27-21(30)20-12-26-29-28-20)9-14-3-5-15(6-4-14)18-10-16(24)7-8-19(18)25/h3-8,10,12,17H,9,11,13H2,1-2H3,(H,27,30)(H,31,32)(H,26,28,29)/t17-,23?/m1/s1. The molecule has 3 N–H and O–H groups in total. The monoisotopic (exact) mass is 474 g/mol. The molecule has 174 valence electrons. The number of nitrogens with zero attached hydrogens (tertiary/aromatic N) is 2. The lowest BCUT2D eigenvalue weighted by atomic mass is 9.82. The van der Waals surface area contributed by atoms with Crippen molar-refractivity contribution < 1.29 is 23.8 Å². The molecule has 0 aliphatic heterocycles. The molecule has 1 heterocycles. The quantitative estimate of drug-likeness (QED) is 0.412. The largest absolute Gasteiger partial charge is 0.481 e. The molecule has 0 saturated carbocycles. The molecule has 33 heavy (non-hydrogen) atoms. The van der Waals surface area contributed by atoms with Crippen molar-refractivity contribution in [1.29, 1.82) is 0 Å². The minimum Gasteiger partial charge on any atom is -0.481 e. The van der Waals surface area contributed by atoms with E-state index in [9.17, 15) is 19.1 Å². The Balaban J connectivity index is 1.83. The fraction of sp³-hybridized carbons (Fsp3) is 0.304. The van der Waals surface area contributed by atoms with Gasteiger partial charge >= 0.3 is 5.97 Å². The minimum absolute atomic E-state index is 0.0222. The molecule has 0 aliphatic rings. The summed E-state index contributed by atoms with van der Waals surface area (Å²) in [7, 11) is 1.43. The van der Waals surface area contributed by atoms with Gasteiger partial charge in [-0.05, 0) is 49.1 Å². The SMILES string of the molecule is COCC(C)(C[C@@H](Cc1ccc(-c2cc(Cl)ccc2F)cc1)NC(=O)c1c[nH]nn1)C(=O)O. The van der Waals surface area contributed by atoms with Gasteiger partial charge in [0.05, 0.1) is 18.2 Å². The molecule has 1 aromatic heterocycles. The molecule has 0 bridgehead atoms. The lowest BCUT2D eigenvalue weighted by Crippen LogP contribution is -2.44.